The molecule has 24 nitrogen and oxygen atoms in total. The number of hydrogen-bond donors (Lipinski definition) is 8. The van der Waals surface area contributed by atoms with Crippen LogP contribution in [0.4, 0.5) is 10.5 Å². The van der Waals surface area contributed by atoms with Crippen LogP contribution >= 0.6 is 24.0 Å². The van der Waals surface area contributed by atoms with Gasteiger partial charge in [0.1, 0.15) is 6.04 Å². The van der Waals surface area contributed by atoms with Gasteiger partial charge in [0.15, 0.2) is 5.11 Å². The van der Waals surface area contributed by atoms with Gasteiger partial charge in [-0.3, -0.25) is 48.1 Å². The van der Waals surface area contributed by atoms with E-state index in [0.717, 1.165) is 47.6 Å². The Morgan fingerprint density at radius 2 is 1.36 bits per heavy atom. The third kappa shape index (κ3) is 14.7. The summed E-state index contributed by atoms with van der Waals surface area (Å²) in [6.07, 6.45) is 8.94. The zero-order chi connectivity index (χ0) is 51.1. The van der Waals surface area contributed by atoms with Crippen LogP contribution in [0.15, 0.2) is 48.9 Å². The quantitative estimate of drug-likeness (QED) is 0.0232. The molecule has 0 aliphatic carbocycles. The lowest BCUT2D eigenvalue weighted by Crippen LogP contribution is -2.59. The van der Waals surface area contributed by atoms with Crippen LogP contribution in [-0.2, 0) is 56.1 Å². The number of thioether (sulfide) groups is 1. The lowest BCUT2D eigenvalue weighted by Gasteiger charge is -2.38. The molecule has 4 fully saturated rings. The van der Waals surface area contributed by atoms with E-state index in [1.807, 2.05) is 36.0 Å². The first kappa shape index (κ1) is 52.7. The minimum Gasteiger partial charge on any atom is -0.352 e. The Bertz CT molecular complexity index is 2370. The number of H-pyrrole nitrogens is 1. The molecule has 0 saturated carbocycles. The van der Waals surface area contributed by atoms with Gasteiger partial charge in [0, 0.05) is 125 Å². The van der Waals surface area contributed by atoms with Crippen molar-refractivity contribution in [1.82, 2.24) is 66.4 Å². The van der Waals surface area contributed by atoms with Crippen LogP contribution < -0.4 is 37.2 Å². The first-order valence-corrected chi connectivity index (χ1v) is 25.5. The molecule has 4 atom stereocenters. The van der Waals surface area contributed by atoms with E-state index in [1.165, 1.54) is 21.0 Å². The fraction of sp³-hybridized carbons (Fsp3) is 0.522. The molecule has 8 N–H and O–H groups in total. The second-order valence-corrected chi connectivity index (χ2v) is 19.6. The zero-order valence-corrected chi connectivity index (χ0v) is 41.3. The van der Waals surface area contributed by atoms with Crippen molar-refractivity contribution < 1.29 is 47.9 Å². The van der Waals surface area contributed by atoms with Crippen molar-refractivity contribution in [2.45, 2.75) is 74.9 Å². The summed E-state index contributed by atoms with van der Waals surface area (Å²) in [4.78, 5) is 139. The van der Waals surface area contributed by atoms with Crippen molar-refractivity contribution >= 4 is 94.0 Å². The van der Waals surface area contributed by atoms with Crippen LogP contribution in [0.1, 0.15) is 49.8 Å². The second kappa shape index (κ2) is 25.3. The van der Waals surface area contributed by atoms with E-state index in [4.69, 9.17) is 12.2 Å². The third-order valence-corrected chi connectivity index (χ3v) is 14.6. The van der Waals surface area contributed by atoms with E-state index < -0.39 is 47.4 Å². The van der Waals surface area contributed by atoms with Gasteiger partial charge in [-0.1, -0.05) is 18.6 Å². The average Bonchev–Trinajstić information content (AvgIpc) is 4.19. The van der Waals surface area contributed by atoms with Gasteiger partial charge in [0.25, 0.3) is 11.8 Å². The summed E-state index contributed by atoms with van der Waals surface area (Å²) in [5, 5.41) is 20.7. The number of nitrogens with zero attached hydrogens (tertiary/aromatic N) is 6. The van der Waals surface area contributed by atoms with E-state index in [1.54, 1.807) is 11.1 Å². The monoisotopic (exact) mass is 1030 g/mol. The fourth-order valence-corrected chi connectivity index (χ4v) is 10.7. The normalized spacial score (nSPS) is 19.8. The van der Waals surface area contributed by atoms with Gasteiger partial charge in [0.2, 0.25) is 29.5 Å². The minimum atomic E-state index is -0.797. The Hall–Kier alpha value is -7.09. The van der Waals surface area contributed by atoms with E-state index in [9.17, 15) is 47.9 Å². The highest BCUT2D eigenvalue weighted by atomic mass is 32.2. The molecule has 6 heterocycles. The summed E-state index contributed by atoms with van der Waals surface area (Å²) >= 11 is 7.50. The summed E-state index contributed by atoms with van der Waals surface area (Å²) in [6.45, 7) is 0.828. The standard InChI is InChI=1S/C46H60N14O10S2/c61-35(5-2-1-4-34-41-33(27-72-34)53-45(70)55-41)48-23-29-7-9-30(10-8-29)52-46(71)54-32(22-31-24-47-28-51-31)42(67)57-18-20-59(21-19-57)44(69)43(68)58-16-14-56(15-17-58)40(66)26-50-37(63)25-49-36(62)6-3-13-60-38(64)11-12-39(60)65/h7-12,24,28,32-34,41H,1-6,13-23,25-27H2,(H,47,51)(H,48,61)(H,49,62)(H,50,63)(H2,52,54,71)(H2,53,55,70)/t32-,33-,34-,41-/m0/s1. The van der Waals surface area contributed by atoms with Crippen LogP contribution in [-0.4, -0.2) is 200 Å². The van der Waals surface area contributed by atoms with Crippen molar-refractivity contribution in [3.8, 4) is 0 Å². The number of imidazole rings is 1. The SMILES string of the molecule is O=C(CCCN1C(=O)C=CC1=O)NCC(=O)NCC(=O)N1CCN(C(=O)C(=O)N2CCN(C(=O)[C@H](Cc3cnc[nH]3)NC(=S)Nc3ccc(CNC(=O)CCCC[C@@H]4SC[C@@H]5NC(=O)N[C@@H]54)cc3)CC2)CC1. The summed E-state index contributed by atoms with van der Waals surface area (Å²) < 4.78 is 0. The Kier molecular flexibility index (Phi) is 18.6. The Labute approximate surface area is 424 Å². The topological polar surface area (TPSA) is 300 Å². The number of unbranched alkanes of at least 4 members (excludes halogenated alkanes) is 1. The number of thiocarbonyl (C=S) groups is 1. The summed E-state index contributed by atoms with van der Waals surface area (Å²) in [7, 11) is 0. The second-order valence-electron chi connectivity index (χ2n) is 17.9. The number of piperazine rings is 2. The number of nitrogens with one attached hydrogen (secondary N) is 8. The van der Waals surface area contributed by atoms with Gasteiger partial charge in [-0.05, 0) is 49.2 Å². The number of aromatic amines is 1. The maximum atomic E-state index is 14.0. The van der Waals surface area contributed by atoms with E-state index in [2.05, 4.69) is 47.2 Å². The predicted octanol–water partition coefficient (Wildman–Crippen LogP) is -2.07. The molecule has 0 spiro atoms. The molecule has 1 aromatic heterocycles. The molecule has 7 rings (SSSR count). The highest BCUT2D eigenvalue weighted by molar-refractivity contribution is 8.00. The minimum absolute atomic E-state index is 0.0121. The third-order valence-electron chi connectivity index (χ3n) is 12.9. The van der Waals surface area contributed by atoms with Crippen molar-refractivity contribution in [3.63, 3.8) is 0 Å². The van der Waals surface area contributed by atoms with Gasteiger partial charge in [-0.2, -0.15) is 11.8 Å². The van der Waals surface area contributed by atoms with E-state index >= 15 is 0 Å². The molecule has 386 valence electrons. The fourth-order valence-electron chi connectivity index (χ4n) is 8.86. The summed E-state index contributed by atoms with van der Waals surface area (Å²) in [6, 6.07) is 6.86. The molecule has 0 radical (unpaired) electrons. The zero-order valence-electron chi connectivity index (χ0n) is 39.7. The van der Waals surface area contributed by atoms with Crippen molar-refractivity contribution in [2.75, 3.05) is 83.1 Å². The number of hydrogen-bond acceptors (Lipinski definition) is 13. The average molecular weight is 1030 g/mol. The number of carbonyl (C=O) groups excluding carboxylic acids is 10. The van der Waals surface area contributed by atoms with Gasteiger partial charge >= 0.3 is 17.8 Å². The highest BCUT2D eigenvalue weighted by Gasteiger charge is 2.42. The Morgan fingerprint density at radius 1 is 0.736 bits per heavy atom. The number of rotatable bonds is 20. The summed E-state index contributed by atoms with van der Waals surface area (Å²) in [5.41, 5.74) is 2.27. The largest absolute Gasteiger partial charge is 0.352 e. The smallest absolute Gasteiger partial charge is 0.315 e. The molecule has 4 saturated heterocycles. The van der Waals surface area contributed by atoms with Gasteiger partial charge in [-0.15, -0.1) is 0 Å². The maximum absolute atomic E-state index is 14.0. The molecule has 2 aromatic rings. The lowest BCUT2D eigenvalue weighted by atomic mass is 10.0. The Balaban J connectivity index is 0.770. The van der Waals surface area contributed by atoms with Crippen LogP contribution in [0.25, 0.3) is 0 Å². The van der Waals surface area contributed by atoms with Crippen molar-refractivity contribution in [2.24, 2.45) is 0 Å². The van der Waals surface area contributed by atoms with E-state index in [-0.39, 0.29) is 126 Å². The number of imide groups is 1. The molecule has 0 bridgehead atoms. The molecular weight excluding hydrogens is 973 g/mol. The van der Waals surface area contributed by atoms with Crippen LogP contribution in [0.5, 0.6) is 0 Å². The number of fused-ring (bicyclic) bond motifs is 1. The molecule has 5 aliphatic heterocycles. The maximum Gasteiger partial charge on any atom is 0.315 e. The molecule has 0 unspecified atom stereocenters. The number of urea groups is 1. The first-order valence-electron chi connectivity index (χ1n) is 24.0. The van der Waals surface area contributed by atoms with Crippen molar-refractivity contribution in [3.05, 3.63) is 60.2 Å². The number of aromatic nitrogens is 2. The molecule has 5 aliphatic rings. The lowest BCUT2D eigenvalue weighted by molar-refractivity contribution is -0.155. The molecular formula is C46H60N14O10S2. The van der Waals surface area contributed by atoms with Crippen molar-refractivity contribution in [1.29, 1.82) is 0 Å². The highest BCUT2D eigenvalue weighted by Crippen LogP contribution is 2.33. The molecule has 1 aromatic carbocycles. The van der Waals surface area contributed by atoms with Gasteiger partial charge < -0.3 is 61.8 Å². The first-order chi connectivity index (χ1) is 34.7. The van der Waals surface area contributed by atoms with E-state index in [0.29, 0.717) is 29.6 Å². The molecule has 26 heteroatoms. The number of amides is 11. The van der Waals surface area contributed by atoms with Gasteiger partial charge in [-0.25, -0.2) is 9.78 Å². The number of benzene rings is 1. The van der Waals surface area contributed by atoms with Crippen LogP contribution in [0, 0.1) is 0 Å². The molecule has 11 amide bonds. The van der Waals surface area contributed by atoms with Gasteiger partial charge in [0.05, 0.1) is 31.5 Å². The molecule has 72 heavy (non-hydrogen) atoms. The van der Waals surface area contributed by atoms with Crippen LogP contribution in [0.2, 0.25) is 0 Å². The number of anilines is 1. The Morgan fingerprint density at radius 3 is 2.03 bits per heavy atom. The number of carbonyl (C=O) groups is 10. The summed E-state index contributed by atoms with van der Waals surface area (Å²) in [5.74, 6) is -3.12. The van der Waals surface area contributed by atoms with Crippen LogP contribution in [0.3, 0.4) is 0 Å². The predicted molar refractivity (Wildman–Crippen MR) is 265 cm³/mol.